The van der Waals surface area contributed by atoms with Crippen molar-refractivity contribution in [2.75, 3.05) is 5.32 Å². The Morgan fingerprint density at radius 1 is 1.04 bits per heavy atom. The highest BCUT2D eigenvalue weighted by molar-refractivity contribution is 9.10. The maximum absolute atomic E-state index is 12.4. The van der Waals surface area contributed by atoms with E-state index in [2.05, 4.69) is 31.2 Å². The number of halogens is 1. The Bertz CT molecular complexity index is 1030. The van der Waals surface area contributed by atoms with Gasteiger partial charge in [-0.05, 0) is 48.5 Å². The van der Waals surface area contributed by atoms with Crippen molar-refractivity contribution in [1.29, 1.82) is 0 Å². The van der Waals surface area contributed by atoms with Gasteiger partial charge in [0, 0.05) is 27.5 Å². The number of nitrogens with one attached hydrogen (secondary N) is 1. The van der Waals surface area contributed by atoms with Crippen molar-refractivity contribution in [3.63, 3.8) is 0 Å². The number of benzene rings is 2. The van der Waals surface area contributed by atoms with E-state index in [0.717, 1.165) is 31.1 Å². The molecule has 0 unspecified atom stereocenters. The molecule has 1 amide bonds. The van der Waals surface area contributed by atoms with Crippen LogP contribution in [-0.2, 0) is 0 Å². The number of hydrogen-bond acceptors (Lipinski definition) is 4. The van der Waals surface area contributed by atoms with Gasteiger partial charge >= 0.3 is 0 Å². The molecule has 122 valence electrons. The first-order valence-electron chi connectivity index (χ1n) is 7.58. The molecule has 0 saturated heterocycles. The summed E-state index contributed by atoms with van der Waals surface area (Å²) in [5, 5.41) is 3.81. The molecule has 6 heteroatoms. The van der Waals surface area contributed by atoms with Crippen molar-refractivity contribution in [2.45, 2.75) is 0 Å². The monoisotopic (exact) mass is 409 g/mol. The number of aromatic nitrogens is 2. The van der Waals surface area contributed by atoms with E-state index >= 15 is 0 Å². The quantitative estimate of drug-likeness (QED) is 0.494. The third-order valence-electron chi connectivity index (χ3n) is 3.64. The molecule has 2 aromatic heterocycles. The number of nitrogens with zero attached hydrogens (tertiary/aromatic N) is 2. The van der Waals surface area contributed by atoms with E-state index in [0.29, 0.717) is 5.56 Å². The fraction of sp³-hybridized carbons (Fsp3) is 0. The lowest BCUT2D eigenvalue weighted by atomic mass is 10.2. The molecule has 0 saturated carbocycles. The van der Waals surface area contributed by atoms with Crippen LogP contribution in [0.3, 0.4) is 0 Å². The molecule has 0 aliphatic heterocycles. The second-order valence-electron chi connectivity index (χ2n) is 5.39. The summed E-state index contributed by atoms with van der Waals surface area (Å²) >= 11 is 4.90. The SMILES string of the molecule is O=C(Nc1cccc(-c2nc3cccnc3s2)c1)c1ccc(Br)cc1. The number of rotatable bonds is 3. The first-order valence-corrected chi connectivity index (χ1v) is 9.19. The van der Waals surface area contributed by atoms with E-state index in [1.165, 1.54) is 11.3 Å². The zero-order chi connectivity index (χ0) is 17.2. The molecule has 2 aromatic carbocycles. The van der Waals surface area contributed by atoms with Gasteiger partial charge in [0.2, 0.25) is 0 Å². The number of amides is 1. The van der Waals surface area contributed by atoms with Crippen LogP contribution < -0.4 is 5.32 Å². The lowest BCUT2D eigenvalue weighted by Crippen LogP contribution is -2.11. The van der Waals surface area contributed by atoms with Crippen molar-refractivity contribution in [3.05, 3.63) is 76.9 Å². The highest BCUT2D eigenvalue weighted by atomic mass is 79.9. The van der Waals surface area contributed by atoms with Crippen molar-refractivity contribution in [3.8, 4) is 10.6 Å². The van der Waals surface area contributed by atoms with Crippen molar-refractivity contribution < 1.29 is 4.79 Å². The highest BCUT2D eigenvalue weighted by Crippen LogP contribution is 2.30. The van der Waals surface area contributed by atoms with E-state index in [1.807, 2.05) is 48.5 Å². The van der Waals surface area contributed by atoms with Crippen LogP contribution in [0.25, 0.3) is 20.9 Å². The number of fused-ring (bicyclic) bond motifs is 1. The fourth-order valence-electron chi connectivity index (χ4n) is 2.43. The number of carbonyl (C=O) groups excluding carboxylic acids is 1. The average molecular weight is 410 g/mol. The minimum atomic E-state index is -0.143. The van der Waals surface area contributed by atoms with E-state index in [1.54, 1.807) is 18.3 Å². The summed E-state index contributed by atoms with van der Waals surface area (Å²) < 4.78 is 0.940. The Hall–Kier alpha value is -2.57. The van der Waals surface area contributed by atoms with Crippen LogP contribution >= 0.6 is 27.3 Å². The third kappa shape index (κ3) is 3.45. The van der Waals surface area contributed by atoms with Gasteiger partial charge in [-0.2, -0.15) is 0 Å². The van der Waals surface area contributed by atoms with Gasteiger partial charge in [-0.3, -0.25) is 4.79 Å². The van der Waals surface area contributed by atoms with E-state index in [4.69, 9.17) is 0 Å². The number of thiazole rings is 1. The molecule has 0 spiro atoms. The second kappa shape index (κ2) is 6.74. The van der Waals surface area contributed by atoms with Gasteiger partial charge in [0.15, 0.2) is 0 Å². The summed E-state index contributed by atoms with van der Waals surface area (Å²) in [6, 6.07) is 18.8. The minimum Gasteiger partial charge on any atom is -0.322 e. The van der Waals surface area contributed by atoms with Crippen LogP contribution in [0.15, 0.2) is 71.3 Å². The summed E-state index contributed by atoms with van der Waals surface area (Å²) in [5.74, 6) is -0.143. The van der Waals surface area contributed by atoms with Gasteiger partial charge in [0.1, 0.15) is 15.4 Å². The summed E-state index contributed by atoms with van der Waals surface area (Å²) in [6.45, 7) is 0. The van der Waals surface area contributed by atoms with Crippen LogP contribution in [0.2, 0.25) is 0 Å². The smallest absolute Gasteiger partial charge is 0.255 e. The number of carbonyl (C=O) groups is 1. The lowest BCUT2D eigenvalue weighted by molar-refractivity contribution is 0.102. The molecule has 0 bridgehead atoms. The summed E-state index contributed by atoms with van der Waals surface area (Å²) in [7, 11) is 0. The van der Waals surface area contributed by atoms with E-state index in [9.17, 15) is 4.79 Å². The molecule has 0 radical (unpaired) electrons. The molecule has 1 N–H and O–H groups in total. The molecular formula is C19H12BrN3OS. The van der Waals surface area contributed by atoms with Gasteiger partial charge < -0.3 is 5.32 Å². The summed E-state index contributed by atoms with van der Waals surface area (Å²) in [4.78, 5) is 22.2. The van der Waals surface area contributed by atoms with Gasteiger partial charge in [0.05, 0.1) is 0 Å². The second-order valence-corrected chi connectivity index (χ2v) is 7.28. The van der Waals surface area contributed by atoms with Crippen molar-refractivity contribution >= 4 is 49.2 Å². The molecule has 4 nitrogen and oxygen atoms in total. The van der Waals surface area contributed by atoms with Crippen LogP contribution in [0.1, 0.15) is 10.4 Å². The summed E-state index contributed by atoms with van der Waals surface area (Å²) in [6.07, 6.45) is 1.76. The Morgan fingerprint density at radius 3 is 2.68 bits per heavy atom. The summed E-state index contributed by atoms with van der Waals surface area (Å²) in [5.41, 5.74) is 3.18. The lowest BCUT2D eigenvalue weighted by Gasteiger charge is -2.06. The topological polar surface area (TPSA) is 54.9 Å². The zero-order valence-electron chi connectivity index (χ0n) is 12.9. The molecule has 0 fully saturated rings. The average Bonchev–Trinajstić information content (AvgIpc) is 3.07. The largest absolute Gasteiger partial charge is 0.322 e. The fourth-order valence-corrected chi connectivity index (χ4v) is 3.60. The maximum atomic E-state index is 12.4. The Labute approximate surface area is 156 Å². The molecule has 2 heterocycles. The minimum absolute atomic E-state index is 0.143. The van der Waals surface area contributed by atoms with Crippen molar-refractivity contribution in [1.82, 2.24) is 9.97 Å². The highest BCUT2D eigenvalue weighted by Gasteiger charge is 2.09. The van der Waals surface area contributed by atoms with Gasteiger partial charge in [-0.25, -0.2) is 9.97 Å². The number of anilines is 1. The van der Waals surface area contributed by atoms with Crippen LogP contribution in [0.4, 0.5) is 5.69 Å². The van der Waals surface area contributed by atoms with Crippen LogP contribution in [0, 0.1) is 0 Å². The molecule has 4 aromatic rings. The number of hydrogen-bond donors (Lipinski definition) is 1. The first kappa shape index (κ1) is 15.9. The van der Waals surface area contributed by atoms with Gasteiger partial charge in [-0.15, -0.1) is 0 Å². The zero-order valence-corrected chi connectivity index (χ0v) is 15.3. The third-order valence-corrected chi connectivity index (χ3v) is 5.20. The maximum Gasteiger partial charge on any atom is 0.255 e. The normalized spacial score (nSPS) is 10.8. The van der Waals surface area contributed by atoms with Crippen LogP contribution in [0.5, 0.6) is 0 Å². The Balaban J connectivity index is 1.60. The first-order chi connectivity index (χ1) is 12.2. The molecular weight excluding hydrogens is 398 g/mol. The van der Waals surface area contributed by atoms with Crippen molar-refractivity contribution in [2.24, 2.45) is 0 Å². The predicted molar refractivity (Wildman–Crippen MR) is 105 cm³/mol. The number of pyridine rings is 1. The predicted octanol–water partition coefficient (Wildman–Crippen LogP) is 5.37. The molecule has 4 rings (SSSR count). The van der Waals surface area contributed by atoms with E-state index in [-0.39, 0.29) is 5.91 Å². The Kier molecular flexibility index (Phi) is 4.29. The molecule has 0 atom stereocenters. The standard InChI is InChI=1S/C19H12BrN3OS/c20-14-8-6-12(7-9-14)17(24)22-15-4-1-3-13(11-15)18-23-16-5-2-10-21-19(16)25-18/h1-11H,(H,22,24). The van der Waals surface area contributed by atoms with Gasteiger partial charge in [0.25, 0.3) is 5.91 Å². The van der Waals surface area contributed by atoms with E-state index < -0.39 is 0 Å². The van der Waals surface area contributed by atoms with Gasteiger partial charge in [-0.1, -0.05) is 39.4 Å². The molecule has 0 aliphatic rings. The molecule has 0 aliphatic carbocycles. The molecule has 25 heavy (non-hydrogen) atoms. The van der Waals surface area contributed by atoms with Crippen LogP contribution in [-0.4, -0.2) is 15.9 Å². The Morgan fingerprint density at radius 2 is 1.88 bits per heavy atom.